The molecule has 108 valence electrons. The molecule has 0 aliphatic carbocycles. The maximum Gasteiger partial charge on any atom is 0.256 e. The second-order valence-electron chi connectivity index (χ2n) is 4.79. The standard InChI is InChI=1S/C16H17N3OS/c1-10-11(2)21-16(14(10)9-18)19-15(20)13-5-3-12(4-6-13)7-8-17/h3-6H,7-8,17H2,1-2H3,(H,19,20). The molecule has 0 fully saturated rings. The highest BCUT2D eigenvalue weighted by molar-refractivity contribution is 7.16. The maximum atomic E-state index is 12.2. The fraction of sp³-hybridized carbons (Fsp3) is 0.250. The van der Waals surface area contributed by atoms with Crippen LogP contribution in [0.5, 0.6) is 0 Å². The molecule has 1 aromatic carbocycles. The highest BCUT2D eigenvalue weighted by Gasteiger charge is 2.15. The number of nitrogens with one attached hydrogen (secondary N) is 1. The molecule has 0 atom stereocenters. The summed E-state index contributed by atoms with van der Waals surface area (Å²) < 4.78 is 0. The summed E-state index contributed by atoms with van der Waals surface area (Å²) in [6, 6.07) is 9.51. The molecule has 0 saturated carbocycles. The number of nitrogens with two attached hydrogens (primary N) is 1. The molecule has 1 amide bonds. The second-order valence-corrected chi connectivity index (χ2v) is 6.01. The summed E-state index contributed by atoms with van der Waals surface area (Å²) in [5, 5.41) is 12.6. The largest absolute Gasteiger partial charge is 0.330 e. The van der Waals surface area contributed by atoms with Gasteiger partial charge in [0, 0.05) is 10.4 Å². The fourth-order valence-corrected chi connectivity index (χ4v) is 3.02. The molecular formula is C16H17N3OS. The van der Waals surface area contributed by atoms with Crippen molar-refractivity contribution in [1.82, 2.24) is 0 Å². The van der Waals surface area contributed by atoms with E-state index in [1.807, 2.05) is 26.0 Å². The lowest BCUT2D eigenvalue weighted by Crippen LogP contribution is -2.12. The van der Waals surface area contributed by atoms with E-state index in [0.717, 1.165) is 22.4 Å². The van der Waals surface area contributed by atoms with Crippen LogP contribution >= 0.6 is 11.3 Å². The Hall–Kier alpha value is -2.16. The van der Waals surface area contributed by atoms with E-state index in [-0.39, 0.29) is 5.91 Å². The monoisotopic (exact) mass is 299 g/mol. The minimum atomic E-state index is -0.202. The van der Waals surface area contributed by atoms with Crippen LogP contribution in [-0.4, -0.2) is 12.5 Å². The first-order valence-corrected chi connectivity index (χ1v) is 7.49. The highest BCUT2D eigenvalue weighted by atomic mass is 32.1. The first kappa shape index (κ1) is 15.2. The van der Waals surface area contributed by atoms with Gasteiger partial charge in [0.2, 0.25) is 0 Å². The molecule has 5 heteroatoms. The molecule has 2 rings (SSSR count). The van der Waals surface area contributed by atoms with Crippen LogP contribution in [-0.2, 0) is 6.42 Å². The number of rotatable bonds is 4. The van der Waals surface area contributed by atoms with Crippen molar-refractivity contribution in [2.24, 2.45) is 5.73 Å². The molecule has 0 bridgehead atoms. The number of nitriles is 1. The van der Waals surface area contributed by atoms with Crippen LogP contribution in [0, 0.1) is 25.2 Å². The molecule has 2 aromatic rings. The van der Waals surface area contributed by atoms with Crippen LogP contribution < -0.4 is 11.1 Å². The Bertz CT molecular complexity index is 696. The topological polar surface area (TPSA) is 78.9 Å². The molecule has 0 spiro atoms. The first-order valence-electron chi connectivity index (χ1n) is 6.67. The van der Waals surface area contributed by atoms with Gasteiger partial charge in [-0.3, -0.25) is 4.79 Å². The SMILES string of the molecule is Cc1sc(NC(=O)c2ccc(CCN)cc2)c(C#N)c1C. The number of benzene rings is 1. The summed E-state index contributed by atoms with van der Waals surface area (Å²) in [6.45, 7) is 4.42. The van der Waals surface area contributed by atoms with Gasteiger partial charge in [-0.25, -0.2) is 0 Å². The predicted molar refractivity (Wildman–Crippen MR) is 85.7 cm³/mol. The van der Waals surface area contributed by atoms with Gasteiger partial charge in [-0.2, -0.15) is 5.26 Å². The average Bonchev–Trinajstić information content (AvgIpc) is 2.74. The van der Waals surface area contributed by atoms with Gasteiger partial charge in [-0.1, -0.05) is 12.1 Å². The van der Waals surface area contributed by atoms with E-state index in [9.17, 15) is 10.1 Å². The van der Waals surface area contributed by atoms with E-state index in [1.165, 1.54) is 11.3 Å². The van der Waals surface area contributed by atoms with E-state index in [0.29, 0.717) is 22.7 Å². The summed E-state index contributed by atoms with van der Waals surface area (Å²) in [7, 11) is 0. The molecule has 0 aliphatic rings. The first-order chi connectivity index (χ1) is 10.1. The van der Waals surface area contributed by atoms with Gasteiger partial charge in [0.1, 0.15) is 11.1 Å². The molecule has 0 radical (unpaired) electrons. The predicted octanol–water partition coefficient (Wildman–Crippen LogP) is 2.99. The van der Waals surface area contributed by atoms with Crippen molar-refractivity contribution in [3.8, 4) is 6.07 Å². The molecule has 4 nitrogen and oxygen atoms in total. The zero-order chi connectivity index (χ0) is 15.4. The zero-order valence-electron chi connectivity index (χ0n) is 12.1. The van der Waals surface area contributed by atoms with Crippen molar-refractivity contribution >= 4 is 22.2 Å². The van der Waals surface area contributed by atoms with Crippen LogP contribution in [0.4, 0.5) is 5.00 Å². The molecular weight excluding hydrogens is 282 g/mol. The molecule has 21 heavy (non-hydrogen) atoms. The van der Waals surface area contributed by atoms with Crippen molar-refractivity contribution < 1.29 is 4.79 Å². The lowest BCUT2D eigenvalue weighted by Gasteiger charge is -2.05. The van der Waals surface area contributed by atoms with Gasteiger partial charge in [-0.15, -0.1) is 11.3 Å². The summed E-state index contributed by atoms with van der Waals surface area (Å²) >= 11 is 1.43. The van der Waals surface area contributed by atoms with Crippen molar-refractivity contribution in [3.05, 3.63) is 51.4 Å². The Morgan fingerprint density at radius 2 is 2.00 bits per heavy atom. The normalized spacial score (nSPS) is 10.2. The molecule has 1 aromatic heterocycles. The third-order valence-corrected chi connectivity index (χ3v) is 4.50. The Morgan fingerprint density at radius 1 is 1.33 bits per heavy atom. The Morgan fingerprint density at radius 3 is 2.57 bits per heavy atom. The molecule has 0 saturated heterocycles. The van der Waals surface area contributed by atoms with E-state index >= 15 is 0 Å². The number of thiophene rings is 1. The number of carbonyl (C=O) groups excluding carboxylic acids is 1. The third kappa shape index (κ3) is 3.30. The van der Waals surface area contributed by atoms with Gasteiger partial charge in [-0.05, 0) is 50.1 Å². The molecule has 0 unspecified atom stereocenters. The quantitative estimate of drug-likeness (QED) is 0.911. The Balaban J connectivity index is 2.18. The van der Waals surface area contributed by atoms with Crippen molar-refractivity contribution in [2.45, 2.75) is 20.3 Å². The van der Waals surface area contributed by atoms with Gasteiger partial charge in [0.05, 0.1) is 5.56 Å². The van der Waals surface area contributed by atoms with E-state index in [2.05, 4.69) is 11.4 Å². The lowest BCUT2D eigenvalue weighted by molar-refractivity contribution is 0.102. The minimum Gasteiger partial charge on any atom is -0.330 e. The number of nitrogens with zero attached hydrogens (tertiary/aromatic N) is 1. The fourth-order valence-electron chi connectivity index (χ4n) is 2.01. The number of aryl methyl sites for hydroxylation is 1. The number of hydrogen-bond acceptors (Lipinski definition) is 4. The third-order valence-electron chi connectivity index (χ3n) is 3.37. The van der Waals surface area contributed by atoms with Crippen LogP contribution in [0.2, 0.25) is 0 Å². The van der Waals surface area contributed by atoms with Crippen LogP contribution in [0.15, 0.2) is 24.3 Å². The number of anilines is 1. The van der Waals surface area contributed by atoms with Crippen molar-refractivity contribution in [1.29, 1.82) is 5.26 Å². The summed E-state index contributed by atoms with van der Waals surface area (Å²) in [6.07, 6.45) is 0.795. The smallest absolute Gasteiger partial charge is 0.256 e. The van der Waals surface area contributed by atoms with Gasteiger partial charge < -0.3 is 11.1 Å². The number of amides is 1. The lowest BCUT2D eigenvalue weighted by atomic mass is 10.1. The van der Waals surface area contributed by atoms with Gasteiger partial charge >= 0.3 is 0 Å². The number of carbonyl (C=O) groups is 1. The van der Waals surface area contributed by atoms with E-state index < -0.39 is 0 Å². The minimum absolute atomic E-state index is 0.202. The second kappa shape index (κ2) is 6.53. The Kier molecular flexibility index (Phi) is 4.73. The van der Waals surface area contributed by atoms with Crippen LogP contribution in [0.25, 0.3) is 0 Å². The van der Waals surface area contributed by atoms with Gasteiger partial charge in [0.15, 0.2) is 0 Å². The molecule has 3 N–H and O–H groups in total. The summed E-state index contributed by atoms with van der Waals surface area (Å²) in [5.41, 5.74) is 8.65. The van der Waals surface area contributed by atoms with Gasteiger partial charge in [0.25, 0.3) is 5.91 Å². The maximum absolute atomic E-state index is 12.2. The Labute approximate surface area is 128 Å². The van der Waals surface area contributed by atoms with Crippen molar-refractivity contribution in [3.63, 3.8) is 0 Å². The van der Waals surface area contributed by atoms with E-state index in [4.69, 9.17) is 5.73 Å². The van der Waals surface area contributed by atoms with Crippen LogP contribution in [0.3, 0.4) is 0 Å². The van der Waals surface area contributed by atoms with E-state index in [1.54, 1.807) is 12.1 Å². The van der Waals surface area contributed by atoms with Crippen molar-refractivity contribution in [2.75, 3.05) is 11.9 Å². The summed E-state index contributed by atoms with van der Waals surface area (Å²) in [4.78, 5) is 13.3. The average molecular weight is 299 g/mol. The highest BCUT2D eigenvalue weighted by Crippen LogP contribution is 2.31. The molecule has 1 heterocycles. The zero-order valence-corrected chi connectivity index (χ0v) is 12.9. The summed E-state index contributed by atoms with van der Waals surface area (Å²) in [5.74, 6) is -0.202. The van der Waals surface area contributed by atoms with Crippen LogP contribution in [0.1, 0.15) is 31.9 Å². The molecule has 0 aliphatic heterocycles. The number of hydrogen-bond donors (Lipinski definition) is 2.